The molecule has 0 aliphatic heterocycles. The van der Waals surface area contributed by atoms with Gasteiger partial charge in [0.25, 0.3) is 0 Å². The summed E-state index contributed by atoms with van der Waals surface area (Å²) in [6, 6.07) is 0. The fraction of sp³-hybridized carbons (Fsp3) is 0.167. The number of alkyl halides is 1. The summed E-state index contributed by atoms with van der Waals surface area (Å²) >= 11 is 3.25. The molecular weight excluding hydrogens is 182 g/mol. The maximum atomic E-state index is 4.95. The summed E-state index contributed by atoms with van der Waals surface area (Å²) in [5.74, 6) is 0.742. The van der Waals surface area contributed by atoms with Crippen molar-refractivity contribution in [2.75, 3.05) is 5.33 Å². The van der Waals surface area contributed by atoms with Gasteiger partial charge in [0, 0.05) is 5.33 Å². The van der Waals surface area contributed by atoms with E-state index >= 15 is 0 Å². The normalized spacial score (nSPS) is 9.44. The van der Waals surface area contributed by atoms with Crippen LogP contribution in [-0.2, 0) is 0 Å². The van der Waals surface area contributed by atoms with Gasteiger partial charge >= 0.3 is 0 Å². The van der Waals surface area contributed by atoms with Gasteiger partial charge < -0.3 is 4.42 Å². The lowest BCUT2D eigenvalue weighted by atomic mass is 10.3. The highest BCUT2D eigenvalue weighted by Gasteiger charge is 1.97. The first-order valence-corrected chi connectivity index (χ1v) is 3.59. The summed E-state index contributed by atoms with van der Waals surface area (Å²) in [5, 5.41) is 0.724. The molecule has 0 bridgehead atoms. The van der Waals surface area contributed by atoms with E-state index in [1.54, 1.807) is 6.20 Å². The third-order valence-corrected chi connectivity index (χ3v) is 1.62. The van der Waals surface area contributed by atoms with E-state index in [0.29, 0.717) is 0 Å². The Morgan fingerprint density at radius 1 is 1.89 bits per heavy atom. The quantitative estimate of drug-likeness (QED) is 0.664. The van der Waals surface area contributed by atoms with E-state index in [9.17, 15) is 0 Å². The van der Waals surface area contributed by atoms with E-state index < -0.39 is 0 Å². The van der Waals surface area contributed by atoms with Crippen molar-refractivity contribution in [2.45, 2.75) is 0 Å². The van der Waals surface area contributed by atoms with Crippen LogP contribution in [0.2, 0.25) is 0 Å². The van der Waals surface area contributed by atoms with Gasteiger partial charge in [-0.2, -0.15) is 0 Å². The zero-order chi connectivity index (χ0) is 6.69. The third kappa shape index (κ3) is 1.42. The van der Waals surface area contributed by atoms with Crippen molar-refractivity contribution in [3.63, 3.8) is 0 Å². The molecule has 9 heavy (non-hydrogen) atoms. The first-order valence-electron chi connectivity index (χ1n) is 2.47. The molecule has 0 spiro atoms. The van der Waals surface area contributed by atoms with Gasteiger partial charge in [0.1, 0.15) is 0 Å². The lowest BCUT2D eigenvalue weighted by Crippen LogP contribution is -1.76. The molecule has 0 aromatic carbocycles. The Hall–Kier alpha value is -0.570. The molecule has 1 rings (SSSR count). The average Bonchev–Trinajstić information content (AvgIpc) is 2.37. The molecule has 0 radical (unpaired) electrons. The van der Waals surface area contributed by atoms with Crippen molar-refractivity contribution in [3.8, 4) is 0 Å². The largest absolute Gasteiger partial charge is 0.444 e. The Bertz CT molecular complexity index is 193. The van der Waals surface area contributed by atoms with Gasteiger partial charge in [-0.1, -0.05) is 22.5 Å². The molecule has 0 amide bonds. The first kappa shape index (κ1) is 6.55. The molecule has 0 aliphatic rings. The summed E-state index contributed by atoms with van der Waals surface area (Å²) in [6.45, 7) is 3.74. The molecule has 0 saturated carbocycles. The topological polar surface area (TPSA) is 26.0 Å². The summed E-state index contributed by atoms with van der Waals surface area (Å²) < 4.78 is 4.95. The molecule has 0 fully saturated rings. The molecular formula is C6H6BrNO. The van der Waals surface area contributed by atoms with E-state index in [0.717, 1.165) is 16.7 Å². The van der Waals surface area contributed by atoms with Gasteiger partial charge in [-0.15, -0.1) is 0 Å². The summed E-state index contributed by atoms with van der Waals surface area (Å²) in [7, 11) is 0. The molecule has 1 aromatic rings. The van der Waals surface area contributed by atoms with Gasteiger partial charge in [0.2, 0.25) is 0 Å². The van der Waals surface area contributed by atoms with Crippen LogP contribution in [0.4, 0.5) is 0 Å². The van der Waals surface area contributed by atoms with E-state index in [4.69, 9.17) is 4.42 Å². The second-order valence-corrected chi connectivity index (χ2v) is 2.16. The maximum Gasteiger partial charge on any atom is 0.181 e. The van der Waals surface area contributed by atoms with Crippen molar-refractivity contribution < 1.29 is 4.42 Å². The number of oxazole rings is 1. The number of allylic oxidation sites excluding steroid dienone is 1. The maximum absolute atomic E-state index is 4.95. The minimum atomic E-state index is 0.724. The van der Waals surface area contributed by atoms with E-state index in [2.05, 4.69) is 27.5 Å². The molecule has 0 N–H and O–H groups in total. The zero-order valence-electron chi connectivity index (χ0n) is 4.80. The number of nitrogens with zero attached hydrogens (tertiary/aromatic N) is 1. The Kier molecular flexibility index (Phi) is 2.05. The molecule has 48 valence electrons. The van der Waals surface area contributed by atoms with Gasteiger partial charge in [0.15, 0.2) is 12.2 Å². The Morgan fingerprint density at radius 2 is 2.67 bits per heavy atom. The number of aromatic nitrogens is 1. The predicted molar refractivity (Wildman–Crippen MR) is 39.3 cm³/mol. The average molecular weight is 188 g/mol. The molecule has 0 aliphatic carbocycles. The van der Waals surface area contributed by atoms with Crippen LogP contribution < -0.4 is 0 Å². The number of hydrogen-bond donors (Lipinski definition) is 0. The second kappa shape index (κ2) is 2.82. The van der Waals surface area contributed by atoms with Crippen molar-refractivity contribution >= 4 is 21.5 Å². The van der Waals surface area contributed by atoms with Crippen LogP contribution in [0, 0.1) is 0 Å². The first-order chi connectivity index (χ1) is 4.34. The summed E-state index contributed by atoms with van der Waals surface area (Å²) in [6.07, 6.45) is 3.03. The van der Waals surface area contributed by atoms with Crippen LogP contribution in [-0.4, -0.2) is 10.3 Å². The Labute approximate surface area is 61.7 Å². The fourth-order valence-corrected chi connectivity index (χ4v) is 0.733. The monoisotopic (exact) mass is 187 g/mol. The Balaban J connectivity index is 2.77. The molecule has 2 nitrogen and oxygen atoms in total. The van der Waals surface area contributed by atoms with Crippen LogP contribution in [0.5, 0.6) is 0 Å². The Morgan fingerprint density at radius 3 is 3.11 bits per heavy atom. The fourth-order valence-electron chi connectivity index (χ4n) is 0.456. The van der Waals surface area contributed by atoms with Gasteiger partial charge in [-0.25, -0.2) is 4.98 Å². The van der Waals surface area contributed by atoms with Crippen molar-refractivity contribution in [1.29, 1.82) is 0 Å². The standard InChI is InChI=1S/C6H6BrNO/c1-5(2-7)6-3-8-4-9-6/h3-4H,1-2H2. The van der Waals surface area contributed by atoms with Crippen LogP contribution in [0.25, 0.3) is 5.57 Å². The zero-order valence-corrected chi connectivity index (χ0v) is 6.39. The number of rotatable bonds is 2. The van der Waals surface area contributed by atoms with Crippen LogP contribution in [0.3, 0.4) is 0 Å². The molecule has 0 atom stereocenters. The molecule has 3 heteroatoms. The van der Waals surface area contributed by atoms with Crippen molar-refractivity contribution in [2.24, 2.45) is 0 Å². The SMILES string of the molecule is C=C(CBr)c1cnco1. The highest BCUT2D eigenvalue weighted by atomic mass is 79.9. The van der Waals surface area contributed by atoms with Crippen LogP contribution in [0.15, 0.2) is 23.6 Å². The van der Waals surface area contributed by atoms with Gasteiger partial charge in [-0.05, 0) is 5.57 Å². The highest BCUT2D eigenvalue weighted by Crippen LogP contribution is 2.12. The molecule has 0 saturated heterocycles. The lowest BCUT2D eigenvalue weighted by molar-refractivity contribution is 0.545. The highest BCUT2D eigenvalue weighted by molar-refractivity contribution is 9.09. The van der Waals surface area contributed by atoms with Crippen molar-refractivity contribution in [3.05, 3.63) is 24.9 Å². The predicted octanol–water partition coefficient (Wildman–Crippen LogP) is 2.08. The smallest absolute Gasteiger partial charge is 0.181 e. The van der Waals surface area contributed by atoms with Crippen LogP contribution in [0.1, 0.15) is 5.76 Å². The number of halogens is 1. The number of hydrogen-bond acceptors (Lipinski definition) is 2. The summed E-state index contributed by atoms with van der Waals surface area (Å²) in [5.41, 5.74) is 0.910. The summed E-state index contributed by atoms with van der Waals surface area (Å²) in [4.78, 5) is 3.74. The third-order valence-electron chi connectivity index (χ3n) is 0.942. The van der Waals surface area contributed by atoms with E-state index in [-0.39, 0.29) is 0 Å². The molecule has 0 unspecified atom stereocenters. The molecule has 1 heterocycles. The lowest BCUT2D eigenvalue weighted by Gasteiger charge is -1.90. The van der Waals surface area contributed by atoms with E-state index in [1.165, 1.54) is 6.39 Å². The second-order valence-electron chi connectivity index (χ2n) is 1.60. The van der Waals surface area contributed by atoms with Gasteiger partial charge in [0.05, 0.1) is 6.20 Å². The minimum absolute atomic E-state index is 0.724. The minimum Gasteiger partial charge on any atom is -0.444 e. The van der Waals surface area contributed by atoms with Gasteiger partial charge in [-0.3, -0.25) is 0 Å². The van der Waals surface area contributed by atoms with Crippen LogP contribution >= 0.6 is 15.9 Å². The van der Waals surface area contributed by atoms with E-state index in [1.807, 2.05) is 0 Å². The van der Waals surface area contributed by atoms with Crippen molar-refractivity contribution in [1.82, 2.24) is 4.98 Å². The molecule has 1 aromatic heterocycles.